The molecule has 1 atom stereocenters. The van der Waals surface area contributed by atoms with E-state index in [9.17, 15) is 0 Å². The van der Waals surface area contributed by atoms with E-state index in [0.29, 0.717) is 6.17 Å². The van der Waals surface area contributed by atoms with E-state index < -0.39 is 0 Å². The molecule has 0 bridgehead atoms. The molecule has 0 aromatic carbocycles. The summed E-state index contributed by atoms with van der Waals surface area (Å²) < 4.78 is 0. The van der Waals surface area contributed by atoms with Gasteiger partial charge in [0.15, 0.2) is 0 Å². The van der Waals surface area contributed by atoms with E-state index in [0.717, 1.165) is 0 Å². The second-order valence-electron chi connectivity index (χ2n) is 11.5. The Bertz CT molecular complexity index is 446. The van der Waals surface area contributed by atoms with Crippen LogP contribution in [0, 0.1) is 0 Å². The topological polar surface area (TPSA) is 6.48 Å². The maximum atomic E-state index is 2.69. The molecule has 208 valence electrons. The summed E-state index contributed by atoms with van der Waals surface area (Å²) in [7, 11) is 0. The molecule has 0 saturated carbocycles. The van der Waals surface area contributed by atoms with Crippen molar-refractivity contribution in [1.82, 2.24) is 9.80 Å². The molecule has 0 N–H and O–H groups in total. The first-order chi connectivity index (χ1) is 17.3. The van der Waals surface area contributed by atoms with E-state index in [2.05, 4.69) is 43.0 Å². The first kappa shape index (κ1) is 32.4. The number of nitrogens with zero attached hydrogens (tertiary/aromatic N) is 2. The Morgan fingerprint density at radius 2 is 0.657 bits per heavy atom. The summed E-state index contributed by atoms with van der Waals surface area (Å²) in [6.45, 7) is 9.46. The van der Waals surface area contributed by atoms with Crippen LogP contribution >= 0.6 is 0 Å². The predicted octanol–water partition coefficient (Wildman–Crippen LogP) is 11.2. The smallest absolute Gasteiger partial charge is 0.101 e. The van der Waals surface area contributed by atoms with Crippen LogP contribution in [0.5, 0.6) is 0 Å². The first-order valence-electron chi connectivity index (χ1n) is 16.5. The van der Waals surface area contributed by atoms with Gasteiger partial charge in [-0.25, -0.2) is 0 Å². The first-order valence-corrected chi connectivity index (χ1v) is 16.5. The molecule has 0 aromatic rings. The second kappa shape index (κ2) is 25.0. The van der Waals surface area contributed by atoms with Gasteiger partial charge in [0.2, 0.25) is 0 Å². The Labute approximate surface area is 222 Å². The van der Waals surface area contributed by atoms with Gasteiger partial charge in [-0.15, -0.1) is 0 Å². The zero-order chi connectivity index (χ0) is 25.2. The summed E-state index contributed by atoms with van der Waals surface area (Å²) in [6.07, 6.45) is 41.0. The van der Waals surface area contributed by atoms with Gasteiger partial charge in [-0.2, -0.15) is 0 Å². The van der Waals surface area contributed by atoms with E-state index in [1.807, 2.05) is 0 Å². The van der Waals surface area contributed by atoms with E-state index >= 15 is 0 Å². The third-order valence-electron chi connectivity index (χ3n) is 8.07. The van der Waals surface area contributed by atoms with Gasteiger partial charge in [0.05, 0.1) is 0 Å². The predicted molar refractivity (Wildman–Crippen MR) is 159 cm³/mol. The van der Waals surface area contributed by atoms with Crippen molar-refractivity contribution in [1.29, 1.82) is 0 Å². The summed E-state index contributed by atoms with van der Waals surface area (Å²) in [5, 5.41) is 0. The summed E-state index contributed by atoms with van der Waals surface area (Å²) >= 11 is 0. The Morgan fingerprint density at radius 3 is 1.03 bits per heavy atom. The van der Waals surface area contributed by atoms with E-state index in [1.54, 1.807) is 0 Å². The number of hydrogen-bond donors (Lipinski definition) is 0. The van der Waals surface area contributed by atoms with Crippen molar-refractivity contribution in [2.75, 3.05) is 13.1 Å². The van der Waals surface area contributed by atoms with Crippen molar-refractivity contribution in [3.63, 3.8) is 0 Å². The Kier molecular flexibility index (Phi) is 23.1. The van der Waals surface area contributed by atoms with Crippen LogP contribution in [0.1, 0.15) is 181 Å². The second-order valence-corrected chi connectivity index (χ2v) is 11.5. The maximum Gasteiger partial charge on any atom is 0.101 e. The molecule has 2 heteroatoms. The Morgan fingerprint density at radius 1 is 0.371 bits per heavy atom. The van der Waals surface area contributed by atoms with Gasteiger partial charge < -0.3 is 9.80 Å². The van der Waals surface area contributed by atoms with Gasteiger partial charge in [0.25, 0.3) is 0 Å². The van der Waals surface area contributed by atoms with Crippen molar-refractivity contribution < 1.29 is 0 Å². The number of hydrogen-bond acceptors (Lipinski definition) is 2. The Hall–Kier alpha value is -0.660. The highest BCUT2D eigenvalue weighted by atomic mass is 15.4. The normalized spacial score (nSPS) is 15.6. The minimum absolute atomic E-state index is 0.643. The van der Waals surface area contributed by atoms with Gasteiger partial charge >= 0.3 is 0 Å². The molecule has 1 aliphatic heterocycles. The summed E-state index contributed by atoms with van der Waals surface area (Å²) in [5.74, 6) is 0. The molecule has 35 heavy (non-hydrogen) atoms. The average Bonchev–Trinajstić information content (AvgIpc) is 3.25. The highest BCUT2D eigenvalue weighted by molar-refractivity contribution is 4.97. The van der Waals surface area contributed by atoms with Crippen molar-refractivity contribution in [2.45, 2.75) is 187 Å². The van der Waals surface area contributed by atoms with Crippen LogP contribution in [0.15, 0.2) is 12.4 Å². The van der Waals surface area contributed by atoms with Crippen molar-refractivity contribution in [2.24, 2.45) is 0 Å². The molecular formula is C33H66N2. The molecule has 2 nitrogen and oxygen atoms in total. The molecule has 0 saturated heterocycles. The van der Waals surface area contributed by atoms with Gasteiger partial charge in [-0.3, -0.25) is 0 Å². The third-order valence-corrected chi connectivity index (χ3v) is 8.07. The van der Waals surface area contributed by atoms with Crippen LogP contribution in [0.25, 0.3) is 0 Å². The molecule has 0 aliphatic carbocycles. The summed E-state index contributed by atoms with van der Waals surface area (Å²) in [4.78, 5) is 5.36. The molecule has 1 unspecified atom stereocenters. The fraction of sp³-hybridized carbons (Fsp3) is 0.939. The zero-order valence-corrected chi connectivity index (χ0v) is 24.7. The van der Waals surface area contributed by atoms with Gasteiger partial charge in [-0.1, -0.05) is 156 Å². The van der Waals surface area contributed by atoms with Gasteiger partial charge in [-0.05, 0) is 25.7 Å². The minimum atomic E-state index is 0.643. The van der Waals surface area contributed by atoms with Crippen LogP contribution in [0.3, 0.4) is 0 Å². The van der Waals surface area contributed by atoms with Crippen LogP contribution in [-0.4, -0.2) is 29.1 Å². The van der Waals surface area contributed by atoms with Crippen molar-refractivity contribution >= 4 is 0 Å². The Balaban J connectivity index is 2.16. The maximum absolute atomic E-state index is 2.69. The molecule has 0 spiro atoms. The largest absolute Gasteiger partial charge is 0.356 e. The lowest BCUT2D eigenvalue weighted by Gasteiger charge is -2.33. The SMILES string of the molecule is CCCCCCCCCCCCCCCC1N(CCCCCC)C=CN1CCCCCCCCC. The lowest BCUT2D eigenvalue weighted by Crippen LogP contribution is -2.39. The lowest BCUT2D eigenvalue weighted by atomic mass is 10.0. The fourth-order valence-electron chi connectivity index (χ4n) is 5.66. The fourth-order valence-corrected chi connectivity index (χ4v) is 5.66. The molecule has 1 aliphatic rings. The third kappa shape index (κ3) is 18.3. The molecular weight excluding hydrogens is 424 g/mol. The van der Waals surface area contributed by atoms with E-state index in [4.69, 9.17) is 0 Å². The summed E-state index contributed by atoms with van der Waals surface area (Å²) in [5.41, 5.74) is 0. The lowest BCUT2D eigenvalue weighted by molar-refractivity contribution is 0.135. The molecule has 0 radical (unpaired) electrons. The highest BCUT2D eigenvalue weighted by Gasteiger charge is 2.24. The molecule has 0 amide bonds. The molecule has 0 fully saturated rings. The monoisotopic (exact) mass is 491 g/mol. The van der Waals surface area contributed by atoms with Crippen LogP contribution in [0.4, 0.5) is 0 Å². The minimum Gasteiger partial charge on any atom is -0.356 e. The van der Waals surface area contributed by atoms with Crippen LogP contribution in [0.2, 0.25) is 0 Å². The number of rotatable bonds is 27. The zero-order valence-electron chi connectivity index (χ0n) is 24.7. The van der Waals surface area contributed by atoms with Crippen molar-refractivity contribution in [3.8, 4) is 0 Å². The highest BCUT2D eigenvalue weighted by Crippen LogP contribution is 2.24. The van der Waals surface area contributed by atoms with Crippen LogP contribution in [-0.2, 0) is 0 Å². The molecule has 0 aromatic heterocycles. The van der Waals surface area contributed by atoms with Gasteiger partial charge in [0.1, 0.15) is 6.17 Å². The molecule has 1 rings (SSSR count). The van der Waals surface area contributed by atoms with Crippen LogP contribution < -0.4 is 0 Å². The molecule has 1 heterocycles. The average molecular weight is 491 g/mol. The number of unbranched alkanes of at least 4 members (excludes halogenated alkanes) is 21. The van der Waals surface area contributed by atoms with Gasteiger partial charge in [0, 0.05) is 25.5 Å². The summed E-state index contributed by atoms with van der Waals surface area (Å²) in [6, 6.07) is 0. The van der Waals surface area contributed by atoms with E-state index in [-0.39, 0.29) is 0 Å². The standard InChI is InChI=1S/C33H66N2/c1-4-7-10-13-15-16-17-18-19-20-21-23-25-28-33-34(29-26-12-9-6-3)31-32-35(33)30-27-24-22-14-11-8-5-2/h31-33H,4-30H2,1-3H3. The van der Waals surface area contributed by atoms with Crippen molar-refractivity contribution in [3.05, 3.63) is 12.4 Å². The van der Waals surface area contributed by atoms with E-state index in [1.165, 1.54) is 174 Å². The quantitative estimate of drug-likeness (QED) is 0.106.